The lowest BCUT2D eigenvalue weighted by Gasteiger charge is -2.05. The lowest BCUT2D eigenvalue weighted by molar-refractivity contribution is 0.373. The first-order valence-corrected chi connectivity index (χ1v) is 6.60. The zero-order valence-electron chi connectivity index (χ0n) is 11.5. The maximum atomic E-state index is 9.76. The van der Waals surface area contributed by atoms with Crippen LogP contribution in [0.25, 0.3) is 11.0 Å². The smallest absolute Gasteiger partial charge is 0.170 e. The fourth-order valence-corrected chi connectivity index (χ4v) is 2.31. The van der Waals surface area contributed by atoms with Gasteiger partial charge in [-0.05, 0) is 42.7 Å². The van der Waals surface area contributed by atoms with E-state index in [4.69, 9.17) is 9.26 Å². The van der Waals surface area contributed by atoms with Crippen molar-refractivity contribution in [1.82, 2.24) is 5.16 Å². The maximum Gasteiger partial charge on any atom is 0.170 e. The van der Waals surface area contributed by atoms with Crippen LogP contribution in [-0.2, 0) is 12.8 Å². The molecule has 3 aromatic rings. The summed E-state index contributed by atoms with van der Waals surface area (Å²) in [6.07, 6.45) is 1.41. The van der Waals surface area contributed by atoms with Gasteiger partial charge in [-0.25, -0.2) is 0 Å². The van der Waals surface area contributed by atoms with Crippen LogP contribution in [0.2, 0.25) is 0 Å². The fourth-order valence-electron chi connectivity index (χ4n) is 2.31. The number of phenolic OH excluding ortho intramolecular Hbond substituents is 2. The summed E-state index contributed by atoms with van der Waals surface area (Å²) in [7, 11) is 1.52. The molecule has 0 atom stereocenters. The molecule has 0 saturated carbocycles. The van der Waals surface area contributed by atoms with E-state index in [2.05, 4.69) is 5.16 Å². The number of fused-ring (bicyclic) bond motifs is 1. The summed E-state index contributed by atoms with van der Waals surface area (Å²) >= 11 is 0. The quantitative estimate of drug-likeness (QED) is 0.770. The third-order valence-corrected chi connectivity index (χ3v) is 3.42. The molecular formula is C16H15NO4. The van der Waals surface area contributed by atoms with E-state index in [9.17, 15) is 10.2 Å². The highest BCUT2D eigenvalue weighted by Crippen LogP contribution is 2.28. The molecule has 0 unspecified atom stereocenters. The Morgan fingerprint density at radius 1 is 1.10 bits per heavy atom. The first-order chi connectivity index (χ1) is 10.2. The molecule has 0 saturated heterocycles. The van der Waals surface area contributed by atoms with Crippen molar-refractivity contribution in [2.45, 2.75) is 12.8 Å². The van der Waals surface area contributed by atoms with Gasteiger partial charge in [0, 0.05) is 11.5 Å². The van der Waals surface area contributed by atoms with Gasteiger partial charge in [0.25, 0.3) is 0 Å². The third-order valence-electron chi connectivity index (χ3n) is 3.42. The predicted octanol–water partition coefficient (Wildman–Crippen LogP) is 3.03. The molecule has 5 heteroatoms. The topological polar surface area (TPSA) is 75.7 Å². The molecule has 1 aromatic heterocycles. The summed E-state index contributed by atoms with van der Waals surface area (Å²) in [4.78, 5) is 0. The minimum absolute atomic E-state index is 0.130. The van der Waals surface area contributed by atoms with Crippen molar-refractivity contribution in [2.75, 3.05) is 7.11 Å². The van der Waals surface area contributed by atoms with Crippen LogP contribution in [0.15, 0.2) is 40.9 Å². The number of ether oxygens (including phenoxy) is 1. The fraction of sp³-hybridized carbons (Fsp3) is 0.188. The number of aryl methyl sites for hydroxylation is 2. The second-order valence-corrected chi connectivity index (χ2v) is 4.82. The Hall–Kier alpha value is -2.69. The average molecular weight is 285 g/mol. The van der Waals surface area contributed by atoms with Crippen LogP contribution in [0.3, 0.4) is 0 Å². The number of aromatic nitrogens is 1. The van der Waals surface area contributed by atoms with Gasteiger partial charge in [-0.1, -0.05) is 11.2 Å². The van der Waals surface area contributed by atoms with Crippen molar-refractivity contribution in [1.29, 1.82) is 0 Å². The van der Waals surface area contributed by atoms with Gasteiger partial charge in [0.15, 0.2) is 17.1 Å². The molecule has 2 aromatic carbocycles. The third kappa shape index (κ3) is 2.63. The number of rotatable bonds is 4. The van der Waals surface area contributed by atoms with E-state index in [1.807, 2.05) is 6.07 Å². The lowest BCUT2D eigenvalue weighted by atomic mass is 10.1. The highest BCUT2D eigenvalue weighted by atomic mass is 16.5. The Balaban J connectivity index is 1.78. The van der Waals surface area contributed by atoms with Crippen LogP contribution in [0.4, 0.5) is 0 Å². The number of aromatic hydroxyl groups is 2. The molecule has 5 nitrogen and oxygen atoms in total. The van der Waals surface area contributed by atoms with Gasteiger partial charge in [0.2, 0.25) is 0 Å². The number of hydrogen-bond acceptors (Lipinski definition) is 5. The van der Waals surface area contributed by atoms with E-state index in [1.54, 1.807) is 30.3 Å². The second kappa shape index (κ2) is 5.36. The van der Waals surface area contributed by atoms with Crippen molar-refractivity contribution in [3.63, 3.8) is 0 Å². The van der Waals surface area contributed by atoms with Gasteiger partial charge >= 0.3 is 0 Å². The van der Waals surface area contributed by atoms with Crippen LogP contribution in [0, 0.1) is 0 Å². The minimum atomic E-state index is 0.130. The van der Waals surface area contributed by atoms with Crippen LogP contribution in [0.5, 0.6) is 17.2 Å². The highest BCUT2D eigenvalue weighted by Gasteiger charge is 2.10. The van der Waals surface area contributed by atoms with Crippen LogP contribution in [-0.4, -0.2) is 22.5 Å². The number of methoxy groups -OCH3 is 1. The van der Waals surface area contributed by atoms with Crippen molar-refractivity contribution < 1.29 is 19.5 Å². The second-order valence-electron chi connectivity index (χ2n) is 4.82. The molecule has 108 valence electrons. The van der Waals surface area contributed by atoms with E-state index in [0.717, 1.165) is 23.1 Å². The predicted molar refractivity (Wildman–Crippen MR) is 77.7 cm³/mol. The highest BCUT2D eigenvalue weighted by molar-refractivity contribution is 5.80. The number of benzene rings is 2. The summed E-state index contributed by atoms with van der Waals surface area (Å²) in [5.41, 5.74) is 2.39. The molecule has 1 heterocycles. The van der Waals surface area contributed by atoms with Crippen LogP contribution in [0.1, 0.15) is 11.3 Å². The summed E-state index contributed by atoms with van der Waals surface area (Å²) < 4.78 is 10.2. The van der Waals surface area contributed by atoms with Gasteiger partial charge in [0.1, 0.15) is 5.75 Å². The summed E-state index contributed by atoms with van der Waals surface area (Å²) in [6, 6.07) is 10.3. The maximum absolute atomic E-state index is 9.76. The molecule has 0 fully saturated rings. The molecule has 0 spiro atoms. The van der Waals surface area contributed by atoms with E-state index >= 15 is 0 Å². The summed E-state index contributed by atoms with van der Waals surface area (Å²) in [5.74, 6) is 0.747. The summed E-state index contributed by atoms with van der Waals surface area (Å²) in [5, 5.41) is 24.1. The zero-order valence-corrected chi connectivity index (χ0v) is 11.5. The lowest BCUT2D eigenvalue weighted by Crippen LogP contribution is -1.93. The standard InChI is InChI=1S/C16H15NO4/c1-20-15-7-3-10(8-14(15)19)2-6-13-12-5-4-11(18)9-16(12)21-17-13/h3-5,7-9,18-19H,2,6H2,1H3. The minimum Gasteiger partial charge on any atom is -0.508 e. The molecule has 0 bridgehead atoms. The van der Waals surface area contributed by atoms with Gasteiger partial charge in [-0.15, -0.1) is 0 Å². The first-order valence-electron chi connectivity index (χ1n) is 6.60. The van der Waals surface area contributed by atoms with Gasteiger partial charge in [0.05, 0.1) is 12.8 Å². The molecule has 0 aliphatic heterocycles. The van der Waals surface area contributed by atoms with E-state index < -0.39 is 0 Å². The van der Waals surface area contributed by atoms with Crippen molar-refractivity contribution in [3.05, 3.63) is 47.7 Å². The van der Waals surface area contributed by atoms with Crippen molar-refractivity contribution in [3.8, 4) is 17.2 Å². The monoisotopic (exact) mass is 285 g/mol. The number of nitrogens with zero attached hydrogens (tertiary/aromatic N) is 1. The Morgan fingerprint density at radius 2 is 1.95 bits per heavy atom. The SMILES string of the molecule is COc1ccc(CCc2noc3cc(O)ccc23)cc1O. The average Bonchev–Trinajstić information content (AvgIpc) is 2.87. The molecule has 0 radical (unpaired) electrons. The van der Waals surface area contributed by atoms with Gasteiger partial charge in [-0.3, -0.25) is 0 Å². The van der Waals surface area contributed by atoms with Crippen LogP contribution >= 0.6 is 0 Å². The van der Waals surface area contributed by atoms with Crippen molar-refractivity contribution >= 4 is 11.0 Å². The molecule has 0 aliphatic carbocycles. The zero-order chi connectivity index (χ0) is 14.8. The van der Waals surface area contributed by atoms with E-state index in [0.29, 0.717) is 17.8 Å². The molecule has 0 aliphatic rings. The van der Waals surface area contributed by atoms with Crippen LogP contribution < -0.4 is 4.74 Å². The van der Waals surface area contributed by atoms with E-state index in [1.165, 1.54) is 7.11 Å². The molecule has 0 amide bonds. The number of phenols is 2. The Kier molecular flexibility index (Phi) is 3.39. The van der Waals surface area contributed by atoms with Gasteiger partial charge in [-0.2, -0.15) is 0 Å². The normalized spacial score (nSPS) is 10.9. The summed E-state index contributed by atoms with van der Waals surface area (Å²) in [6.45, 7) is 0. The van der Waals surface area contributed by atoms with Gasteiger partial charge < -0.3 is 19.5 Å². The Morgan fingerprint density at radius 3 is 2.71 bits per heavy atom. The van der Waals surface area contributed by atoms with Crippen molar-refractivity contribution in [2.24, 2.45) is 0 Å². The Bertz CT molecular complexity index is 779. The Labute approximate surface area is 121 Å². The molecule has 21 heavy (non-hydrogen) atoms. The first kappa shape index (κ1) is 13.3. The molecule has 3 rings (SSSR count). The van der Waals surface area contributed by atoms with E-state index in [-0.39, 0.29) is 11.5 Å². The largest absolute Gasteiger partial charge is 0.508 e. The molecule has 2 N–H and O–H groups in total. The number of hydrogen-bond donors (Lipinski definition) is 2. The molecular weight excluding hydrogens is 270 g/mol.